The highest BCUT2D eigenvalue weighted by Gasteiger charge is 2.21. The van der Waals surface area contributed by atoms with E-state index in [1.165, 1.54) is 16.7 Å². The third kappa shape index (κ3) is 4.93. The Balaban J connectivity index is 2.14. The van der Waals surface area contributed by atoms with Crippen LogP contribution in [0.5, 0.6) is 5.75 Å². The van der Waals surface area contributed by atoms with Crippen LogP contribution in [0.4, 0.5) is 0 Å². The van der Waals surface area contributed by atoms with Crippen LogP contribution in [0.25, 0.3) is 0 Å². The van der Waals surface area contributed by atoms with Crippen LogP contribution in [0.3, 0.4) is 0 Å². The van der Waals surface area contributed by atoms with Gasteiger partial charge in [0.05, 0.1) is 19.3 Å². The minimum atomic E-state index is 0.279. The Hall–Kier alpha value is -1.10. The van der Waals surface area contributed by atoms with Crippen molar-refractivity contribution in [3.05, 3.63) is 28.8 Å². The zero-order chi connectivity index (χ0) is 16.8. The minimum absolute atomic E-state index is 0.279. The predicted octanol–water partition coefficient (Wildman–Crippen LogP) is 3.07. The first-order valence-corrected chi connectivity index (χ1v) is 8.85. The van der Waals surface area contributed by atoms with Gasteiger partial charge in [0, 0.05) is 19.6 Å². The maximum atomic E-state index is 5.83. The van der Waals surface area contributed by atoms with Crippen molar-refractivity contribution in [2.45, 2.75) is 52.7 Å². The van der Waals surface area contributed by atoms with Crippen LogP contribution in [-0.4, -0.2) is 43.9 Å². The first-order chi connectivity index (χ1) is 11.0. The molecule has 0 saturated carbocycles. The van der Waals surface area contributed by atoms with Crippen LogP contribution in [-0.2, 0) is 11.3 Å². The monoisotopic (exact) mass is 320 g/mol. The Kier molecular flexibility index (Phi) is 6.88. The van der Waals surface area contributed by atoms with Crippen molar-refractivity contribution >= 4 is 0 Å². The van der Waals surface area contributed by atoms with Crippen LogP contribution in [0.15, 0.2) is 12.1 Å². The Bertz CT molecular complexity index is 500. The van der Waals surface area contributed by atoms with Crippen molar-refractivity contribution < 1.29 is 9.47 Å². The van der Waals surface area contributed by atoms with Crippen molar-refractivity contribution in [1.82, 2.24) is 4.90 Å². The second-order valence-corrected chi connectivity index (χ2v) is 6.71. The molecule has 4 nitrogen and oxygen atoms in total. The van der Waals surface area contributed by atoms with Gasteiger partial charge in [-0.15, -0.1) is 0 Å². The number of morpholine rings is 1. The van der Waals surface area contributed by atoms with E-state index in [9.17, 15) is 0 Å². The zero-order valence-electron chi connectivity index (χ0n) is 15.1. The number of nitrogens with two attached hydrogens (primary N) is 1. The summed E-state index contributed by atoms with van der Waals surface area (Å²) in [7, 11) is 0. The zero-order valence-corrected chi connectivity index (χ0v) is 15.1. The lowest BCUT2D eigenvalue weighted by molar-refractivity contribution is -0.0335. The highest BCUT2D eigenvalue weighted by Crippen LogP contribution is 2.30. The molecule has 0 spiro atoms. The van der Waals surface area contributed by atoms with Crippen molar-refractivity contribution in [3.63, 3.8) is 0 Å². The number of nitrogens with zero attached hydrogens (tertiary/aromatic N) is 1. The highest BCUT2D eigenvalue weighted by molar-refractivity contribution is 5.44. The van der Waals surface area contributed by atoms with Crippen LogP contribution in [0, 0.1) is 6.92 Å². The highest BCUT2D eigenvalue weighted by atomic mass is 16.5. The molecule has 0 radical (unpaired) electrons. The molecule has 1 aliphatic rings. The van der Waals surface area contributed by atoms with E-state index in [1.54, 1.807) is 0 Å². The molecule has 130 valence electrons. The van der Waals surface area contributed by atoms with E-state index in [4.69, 9.17) is 15.2 Å². The molecule has 0 aromatic heterocycles. The summed E-state index contributed by atoms with van der Waals surface area (Å²) in [5.74, 6) is 1.50. The summed E-state index contributed by atoms with van der Waals surface area (Å²) in [6.45, 7) is 13.8. The molecule has 1 aromatic carbocycles. The first kappa shape index (κ1) is 18.2. The van der Waals surface area contributed by atoms with Gasteiger partial charge in [-0.2, -0.15) is 0 Å². The van der Waals surface area contributed by atoms with Gasteiger partial charge >= 0.3 is 0 Å². The summed E-state index contributed by atoms with van der Waals surface area (Å²) < 4.78 is 11.6. The molecule has 23 heavy (non-hydrogen) atoms. The third-order valence-corrected chi connectivity index (χ3v) is 4.50. The summed E-state index contributed by atoms with van der Waals surface area (Å²) in [6.07, 6.45) is 1.22. The average Bonchev–Trinajstić information content (AvgIpc) is 2.50. The van der Waals surface area contributed by atoms with E-state index in [0.29, 0.717) is 19.1 Å². The maximum absolute atomic E-state index is 5.83. The quantitative estimate of drug-likeness (QED) is 0.839. The van der Waals surface area contributed by atoms with E-state index in [2.05, 4.69) is 37.8 Å². The van der Waals surface area contributed by atoms with E-state index in [1.807, 2.05) is 6.92 Å². The van der Waals surface area contributed by atoms with Gasteiger partial charge in [-0.3, -0.25) is 4.90 Å². The van der Waals surface area contributed by atoms with E-state index in [-0.39, 0.29) is 6.10 Å². The van der Waals surface area contributed by atoms with Crippen molar-refractivity contribution in [2.75, 3.05) is 32.8 Å². The fraction of sp³-hybridized carbons (Fsp3) is 0.684. The van der Waals surface area contributed by atoms with Gasteiger partial charge in [0.15, 0.2) is 0 Å². The van der Waals surface area contributed by atoms with Crippen molar-refractivity contribution in [1.29, 1.82) is 0 Å². The number of rotatable bonds is 7. The normalized spacial score (nSPS) is 19.3. The minimum Gasteiger partial charge on any atom is -0.494 e. The molecule has 1 heterocycles. The molecule has 1 unspecified atom stereocenters. The molecule has 1 aliphatic heterocycles. The average molecular weight is 320 g/mol. The summed E-state index contributed by atoms with van der Waals surface area (Å²) in [5, 5.41) is 0. The fourth-order valence-corrected chi connectivity index (χ4v) is 3.17. The van der Waals surface area contributed by atoms with Crippen LogP contribution >= 0.6 is 0 Å². The SMILES string of the molecule is CCOc1cc(C)c(CN2CCOC(CCN)C2)cc1C(C)C. The molecule has 1 fully saturated rings. The molecule has 1 aromatic rings. The Labute approximate surface area is 140 Å². The molecule has 4 heteroatoms. The number of hydrogen-bond acceptors (Lipinski definition) is 4. The molecular weight excluding hydrogens is 288 g/mol. The molecule has 0 bridgehead atoms. The predicted molar refractivity (Wildman–Crippen MR) is 95.1 cm³/mol. The van der Waals surface area contributed by atoms with Crippen LogP contribution in [0.1, 0.15) is 49.8 Å². The third-order valence-electron chi connectivity index (χ3n) is 4.50. The smallest absolute Gasteiger partial charge is 0.123 e. The van der Waals surface area contributed by atoms with Gasteiger partial charge in [0.2, 0.25) is 0 Å². The largest absolute Gasteiger partial charge is 0.494 e. The lowest BCUT2D eigenvalue weighted by Crippen LogP contribution is -2.42. The van der Waals surface area contributed by atoms with Crippen molar-refractivity contribution in [3.8, 4) is 5.75 Å². The van der Waals surface area contributed by atoms with Gasteiger partial charge in [-0.05, 0) is 55.5 Å². The maximum Gasteiger partial charge on any atom is 0.123 e. The second-order valence-electron chi connectivity index (χ2n) is 6.71. The molecule has 2 N–H and O–H groups in total. The standard InChI is InChI=1S/C19H32N2O2/c1-5-22-19-10-15(4)16(11-18(19)14(2)3)12-21-8-9-23-17(13-21)6-7-20/h10-11,14,17H,5-9,12-13,20H2,1-4H3. The van der Waals surface area contributed by atoms with E-state index < -0.39 is 0 Å². The summed E-state index contributed by atoms with van der Waals surface area (Å²) in [6, 6.07) is 4.53. The van der Waals surface area contributed by atoms with E-state index in [0.717, 1.165) is 38.4 Å². The second kappa shape index (κ2) is 8.67. The topological polar surface area (TPSA) is 47.7 Å². The lowest BCUT2D eigenvalue weighted by Gasteiger charge is -2.33. The number of aryl methyl sites for hydroxylation is 1. The molecular formula is C19H32N2O2. The molecule has 1 atom stereocenters. The van der Waals surface area contributed by atoms with Gasteiger partial charge in [0.25, 0.3) is 0 Å². The Morgan fingerprint density at radius 2 is 2.17 bits per heavy atom. The van der Waals surface area contributed by atoms with Crippen LogP contribution in [0.2, 0.25) is 0 Å². The summed E-state index contributed by atoms with van der Waals surface area (Å²) in [4.78, 5) is 2.48. The van der Waals surface area contributed by atoms with Gasteiger partial charge in [-0.25, -0.2) is 0 Å². The number of ether oxygens (including phenoxy) is 2. The molecule has 2 rings (SSSR count). The van der Waals surface area contributed by atoms with E-state index >= 15 is 0 Å². The summed E-state index contributed by atoms with van der Waals surface area (Å²) in [5.41, 5.74) is 9.67. The number of benzene rings is 1. The Morgan fingerprint density at radius 1 is 1.39 bits per heavy atom. The molecule has 1 saturated heterocycles. The first-order valence-electron chi connectivity index (χ1n) is 8.85. The summed E-state index contributed by atoms with van der Waals surface area (Å²) >= 11 is 0. The van der Waals surface area contributed by atoms with Crippen LogP contribution < -0.4 is 10.5 Å². The fourth-order valence-electron chi connectivity index (χ4n) is 3.17. The van der Waals surface area contributed by atoms with Gasteiger partial charge in [0.1, 0.15) is 5.75 Å². The van der Waals surface area contributed by atoms with Gasteiger partial charge in [-0.1, -0.05) is 19.9 Å². The molecule has 0 aliphatic carbocycles. The Morgan fingerprint density at radius 3 is 2.83 bits per heavy atom. The lowest BCUT2D eigenvalue weighted by atomic mass is 9.96. The number of hydrogen-bond donors (Lipinski definition) is 1. The van der Waals surface area contributed by atoms with Gasteiger partial charge < -0.3 is 15.2 Å². The van der Waals surface area contributed by atoms with Crippen molar-refractivity contribution in [2.24, 2.45) is 5.73 Å². The molecule has 0 amide bonds.